The zero-order valence-electron chi connectivity index (χ0n) is 12.1. The second kappa shape index (κ2) is 6.58. The molecule has 0 unspecified atom stereocenters. The van der Waals surface area contributed by atoms with Gasteiger partial charge in [0.1, 0.15) is 6.61 Å². The van der Waals surface area contributed by atoms with Crippen LogP contribution < -0.4 is 4.72 Å². The SMILES string of the molecule is COC1CC(NS(=O)(=O)c2ccc(C#CCO)c(C)c2)C1. The maximum atomic E-state index is 12.3. The van der Waals surface area contributed by atoms with Crippen LogP contribution in [-0.2, 0) is 14.8 Å². The normalized spacial score (nSPS) is 21.3. The molecule has 0 atom stereocenters. The molecule has 0 heterocycles. The Labute approximate surface area is 125 Å². The van der Waals surface area contributed by atoms with E-state index >= 15 is 0 Å². The van der Waals surface area contributed by atoms with E-state index in [4.69, 9.17) is 9.84 Å². The van der Waals surface area contributed by atoms with Crippen LogP contribution in [0, 0.1) is 18.8 Å². The van der Waals surface area contributed by atoms with Crippen LogP contribution in [0.5, 0.6) is 0 Å². The predicted molar refractivity (Wildman–Crippen MR) is 79.3 cm³/mol. The molecule has 6 heteroatoms. The highest BCUT2D eigenvalue weighted by molar-refractivity contribution is 7.89. The van der Waals surface area contributed by atoms with Gasteiger partial charge in [-0.3, -0.25) is 0 Å². The summed E-state index contributed by atoms with van der Waals surface area (Å²) in [5.41, 5.74) is 1.48. The third-order valence-corrected chi connectivity index (χ3v) is 5.08. The van der Waals surface area contributed by atoms with E-state index in [1.807, 2.05) is 0 Å². The number of aliphatic hydroxyl groups excluding tert-OH is 1. The number of hydrogen-bond acceptors (Lipinski definition) is 4. The molecule has 21 heavy (non-hydrogen) atoms. The summed E-state index contributed by atoms with van der Waals surface area (Å²) in [5.74, 6) is 5.34. The van der Waals surface area contributed by atoms with E-state index in [0.717, 1.165) is 5.56 Å². The molecule has 1 aliphatic carbocycles. The van der Waals surface area contributed by atoms with Crippen LogP contribution >= 0.6 is 0 Å². The van der Waals surface area contributed by atoms with Crippen LogP contribution in [0.25, 0.3) is 0 Å². The van der Waals surface area contributed by atoms with Crippen molar-refractivity contribution in [3.05, 3.63) is 29.3 Å². The summed E-state index contributed by atoms with van der Waals surface area (Å²) in [6, 6.07) is 4.72. The van der Waals surface area contributed by atoms with Crippen molar-refractivity contribution < 1.29 is 18.3 Å². The molecule has 1 aliphatic rings. The topological polar surface area (TPSA) is 75.6 Å². The predicted octanol–water partition coefficient (Wildman–Crippen LogP) is 0.795. The van der Waals surface area contributed by atoms with Crippen molar-refractivity contribution in [2.45, 2.75) is 36.8 Å². The molecule has 0 amide bonds. The molecule has 0 bridgehead atoms. The third kappa shape index (κ3) is 3.83. The number of rotatable bonds is 4. The Kier molecular flexibility index (Phi) is 5.01. The Balaban J connectivity index is 2.12. The van der Waals surface area contributed by atoms with Crippen LogP contribution in [0.15, 0.2) is 23.1 Å². The maximum absolute atomic E-state index is 12.3. The van der Waals surface area contributed by atoms with E-state index in [1.165, 1.54) is 6.07 Å². The van der Waals surface area contributed by atoms with Crippen molar-refractivity contribution in [2.24, 2.45) is 0 Å². The van der Waals surface area contributed by atoms with Crippen LogP contribution in [0.1, 0.15) is 24.0 Å². The summed E-state index contributed by atoms with van der Waals surface area (Å²) in [4.78, 5) is 0.232. The second-order valence-electron chi connectivity index (χ2n) is 5.08. The number of methoxy groups -OCH3 is 1. The van der Waals surface area contributed by atoms with Gasteiger partial charge in [-0.2, -0.15) is 0 Å². The van der Waals surface area contributed by atoms with Crippen LogP contribution in [0.2, 0.25) is 0 Å². The first kappa shape index (κ1) is 16.0. The lowest BCUT2D eigenvalue weighted by Gasteiger charge is -2.34. The molecular weight excluding hydrogens is 290 g/mol. The second-order valence-corrected chi connectivity index (χ2v) is 6.80. The molecule has 0 aromatic heterocycles. The summed E-state index contributed by atoms with van der Waals surface area (Å²) < 4.78 is 32.4. The van der Waals surface area contributed by atoms with Gasteiger partial charge in [0.05, 0.1) is 11.0 Å². The molecule has 0 spiro atoms. The summed E-state index contributed by atoms with van der Waals surface area (Å²) in [7, 11) is -1.89. The fourth-order valence-electron chi connectivity index (χ4n) is 2.22. The number of aliphatic hydroxyl groups is 1. The molecule has 2 rings (SSSR count). The molecule has 114 valence electrons. The standard InChI is InChI=1S/C15H19NO4S/c1-11-8-15(6-5-12(11)4-3-7-17)21(18,19)16-13-9-14(10-13)20-2/h5-6,8,13-14,16-17H,7,9-10H2,1-2H3. The van der Waals surface area contributed by atoms with Crippen molar-refractivity contribution in [3.63, 3.8) is 0 Å². The van der Waals surface area contributed by atoms with Crippen LogP contribution in [-0.4, -0.2) is 39.4 Å². The molecule has 0 aliphatic heterocycles. The lowest BCUT2D eigenvalue weighted by atomic mass is 9.90. The van der Waals surface area contributed by atoms with E-state index in [-0.39, 0.29) is 23.6 Å². The molecule has 2 N–H and O–H groups in total. The lowest BCUT2D eigenvalue weighted by molar-refractivity contribution is 0.0236. The van der Waals surface area contributed by atoms with Gasteiger partial charge in [-0.05, 0) is 43.5 Å². The van der Waals surface area contributed by atoms with Gasteiger partial charge >= 0.3 is 0 Å². The maximum Gasteiger partial charge on any atom is 0.240 e. The van der Waals surface area contributed by atoms with Crippen molar-refractivity contribution in [1.82, 2.24) is 4.72 Å². The van der Waals surface area contributed by atoms with E-state index in [9.17, 15) is 8.42 Å². The Morgan fingerprint density at radius 1 is 1.43 bits per heavy atom. The van der Waals surface area contributed by atoms with Gasteiger partial charge in [0.2, 0.25) is 10.0 Å². The molecule has 1 saturated carbocycles. The van der Waals surface area contributed by atoms with Gasteiger partial charge in [-0.15, -0.1) is 0 Å². The highest BCUT2D eigenvalue weighted by Crippen LogP contribution is 2.25. The first-order chi connectivity index (χ1) is 9.96. The minimum absolute atomic E-state index is 0.0610. The first-order valence-electron chi connectivity index (χ1n) is 6.72. The van der Waals surface area contributed by atoms with E-state index in [1.54, 1.807) is 26.2 Å². The van der Waals surface area contributed by atoms with E-state index in [0.29, 0.717) is 18.4 Å². The Morgan fingerprint density at radius 2 is 2.14 bits per heavy atom. The fraction of sp³-hybridized carbons (Fsp3) is 0.467. The van der Waals surface area contributed by atoms with E-state index < -0.39 is 10.0 Å². The number of benzene rings is 1. The highest BCUT2D eigenvalue weighted by atomic mass is 32.2. The first-order valence-corrected chi connectivity index (χ1v) is 8.20. The highest BCUT2D eigenvalue weighted by Gasteiger charge is 2.32. The van der Waals surface area contributed by atoms with E-state index in [2.05, 4.69) is 16.6 Å². The van der Waals surface area contributed by atoms with Gasteiger partial charge in [-0.1, -0.05) is 11.8 Å². The number of ether oxygens (including phenoxy) is 1. The van der Waals surface area contributed by atoms with Gasteiger partial charge < -0.3 is 9.84 Å². The average Bonchev–Trinajstić information content (AvgIpc) is 2.41. The molecule has 1 aromatic carbocycles. The molecule has 0 radical (unpaired) electrons. The Bertz CT molecular complexity index is 667. The summed E-state index contributed by atoms with van der Waals surface area (Å²) in [5, 5.41) is 8.69. The summed E-state index contributed by atoms with van der Waals surface area (Å²) in [6.07, 6.45) is 1.55. The van der Waals surface area contributed by atoms with Gasteiger partial charge in [0.25, 0.3) is 0 Å². The smallest absolute Gasteiger partial charge is 0.240 e. The number of hydrogen-bond donors (Lipinski definition) is 2. The zero-order valence-corrected chi connectivity index (χ0v) is 12.9. The fourth-order valence-corrected chi connectivity index (χ4v) is 3.57. The van der Waals surface area contributed by atoms with Crippen LogP contribution in [0.4, 0.5) is 0 Å². The van der Waals surface area contributed by atoms with Crippen molar-refractivity contribution in [3.8, 4) is 11.8 Å². The Hall–Kier alpha value is -1.39. The number of aryl methyl sites for hydroxylation is 1. The minimum atomic E-state index is -3.51. The average molecular weight is 309 g/mol. The Morgan fingerprint density at radius 3 is 2.71 bits per heavy atom. The van der Waals surface area contributed by atoms with Gasteiger partial charge in [-0.25, -0.2) is 13.1 Å². The molecule has 5 nitrogen and oxygen atoms in total. The monoisotopic (exact) mass is 309 g/mol. The lowest BCUT2D eigenvalue weighted by Crippen LogP contribution is -2.47. The summed E-state index contributed by atoms with van der Waals surface area (Å²) in [6.45, 7) is 1.58. The quantitative estimate of drug-likeness (QED) is 0.807. The molecule has 0 saturated heterocycles. The number of nitrogens with one attached hydrogen (secondary N) is 1. The van der Waals surface area contributed by atoms with Gasteiger partial charge in [0.15, 0.2) is 0 Å². The molecular formula is C15H19NO4S. The summed E-state index contributed by atoms with van der Waals surface area (Å²) >= 11 is 0. The van der Waals surface area contributed by atoms with Gasteiger partial charge in [0, 0.05) is 18.7 Å². The minimum Gasteiger partial charge on any atom is -0.384 e. The number of sulfonamides is 1. The zero-order chi connectivity index (χ0) is 15.5. The molecule has 1 fully saturated rings. The van der Waals surface area contributed by atoms with Crippen molar-refractivity contribution >= 4 is 10.0 Å². The van der Waals surface area contributed by atoms with Crippen LogP contribution in [0.3, 0.4) is 0 Å². The third-order valence-electron chi connectivity index (χ3n) is 3.56. The van der Waals surface area contributed by atoms with Crippen molar-refractivity contribution in [2.75, 3.05) is 13.7 Å². The molecule has 1 aromatic rings. The largest absolute Gasteiger partial charge is 0.384 e. The van der Waals surface area contributed by atoms with Crippen molar-refractivity contribution in [1.29, 1.82) is 0 Å².